The highest BCUT2D eigenvalue weighted by Gasteiger charge is 2.18. The van der Waals surface area contributed by atoms with Crippen LogP contribution in [-0.4, -0.2) is 8.42 Å². The minimum Gasteiger partial charge on any atom is -0.455 e. The van der Waals surface area contributed by atoms with Crippen molar-refractivity contribution in [3.05, 3.63) is 96.0 Å². The van der Waals surface area contributed by atoms with Crippen molar-refractivity contribution in [2.24, 2.45) is 0 Å². The molecule has 0 aliphatic rings. The number of para-hydroxylation sites is 1. The first-order chi connectivity index (χ1) is 13.5. The van der Waals surface area contributed by atoms with Crippen molar-refractivity contribution in [1.29, 1.82) is 0 Å². The second-order valence-corrected chi connectivity index (χ2v) is 8.29. The Labute approximate surface area is 168 Å². The lowest BCUT2D eigenvalue weighted by atomic mass is 10.1. The fourth-order valence-electron chi connectivity index (χ4n) is 2.82. The van der Waals surface area contributed by atoms with Gasteiger partial charge in [-0.2, -0.15) is 0 Å². The first-order valence-electron chi connectivity index (χ1n) is 8.55. The average Bonchev–Trinajstić information content (AvgIpc) is 2.70. The van der Waals surface area contributed by atoms with Crippen LogP contribution in [-0.2, 0) is 10.0 Å². The maximum absolute atomic E-state index is 13.0. The molecule has 0 unspecified atom stereocenters. The number of rotatable bonds is 5. The predicted molar refractivity (Wildman–Crippen MR) is 113 cm³/mol. The molecule has 6 heteroatoms. The molecule has 4 nitrogen and oxygen atoms in total. The monoisotopic (exact) mass is 409 g/mol. The van der Waals surface area contributed by atoms with Gasteiger partial charge in [0.05, 0.1) is 10.6 Å². The summed E-state index contributed by atoms with van der Waals surface area (Å²) in [4.78, 5) is 0.164. The molecule has 0 saturated heterocycles. The van der Waals surface area contributed by atoms with Crippen LogP contribution < -0.4 is 9.46 Å². The Balaban J connectivity index is 1.69. The molecular weight excluding hydrogens is 394 g/mol. The van der Waals surface area contributed by atoms with E-state index in [1.54, 1.807) is 42.5 Å². The Bertz CT molecular complexity index is 1240. The molecule has 4 rings (SSSR count). The van der Waals surface area contributed by atoms with Gasteiger partial charge in [0.2, 0.25) is 0 Å². The van der Waals surface area contributed by atoms with Gasteiger partial charge in [-0.3, -0.25) is 4.72 Å². The zero-order valence-electron chi connectivity index (χ0n) is 14.7. The number of fused-ring (bicyclic) bond motifs is 1. The van der Waals surface area contributed by atoms with Crippen molar-refractivity contribution in [3.8, 4) is 11.5 Å². The van der Waals surface area contributed by atoms with E-state index < -0.39 is 10.0 Å². The molecule has 0 aliphatic heterocycles. The van der Waals surface area contributed by atoms with Crippen LogP contribution in [0.2, 0.25) is 5.02 Å². The Morgan fingerprint density at radius 2 is 1.46 bits per heavy atom. The summed E-state index contributed by atoms with van der Waals surface area (Å²) in [5.74, 6) is 0.955. The summed E-state index contributed by atoms with van der Waals surface area (Å²) in [6.07, 6.45) is 0. The molecular formula is C22H16ClNO3S. The molecule has 0 aromatic heterocycles. The molecule has 0 aliphatic carbocycles. The Morgan fingerprint density at radius 1 is 0.750 bits per heavy atom. The van der Waals surface area contributed by atoms with Crippen molar-refractivity contribution in [2.75, 3.05) is 4.72 Å². The summed E-state index contributed by atoms with van der Waals surface area (Å²) < 4.78 is 34.3. The molecule has 0 bridgehead atoms. The number of hydrogen-bond acceptors (Lipinski definition) is 3. The van der Waals surface area contributed by atoms with Crippen LogP contribution >= 0.6 is 11.6 Å². The molecule has 0 atom stereocenters. The van der Waals surface area contributed by atoms with Crippen LogP contribution in [0.1, 0.15) is 0 Å². The summed E-state index contributed by atoms with van der Waals surface area (Å²) in [5.41, 5.74) is 0.268. The molecule has 4 aromatic carbocycles. The van der Waals surface area contributed by atoms with Gasteiger partial charge in [0.25, 0.3) is 10.0 Å². The van der Waals surface area contributed by atoms with Crippen molar-refractivity contribution < 1.29 is 13.2 Å². The molecule has 0 spiro atoms. The van der Waals surface area contributed by atoms with E-state index in [9.17, 15) is 8.42 Å². The maximum Gasteiger partial charge on any atom is 0.262 e. The molecule has 0 fully saturated rings. The van der Waals surface area contributed by atoms with Gasteiger partial charge in [0.1, 0.15) is 5.75 Å². The highest BCUT2D eigenvalue weighted by atomic mass is 35.5. The SMILES string of the molecule is O=S(=O)(Nc1cc(Cl)ccc1Oc1ccccc1)c1ccc2ccccc2c1. The third kappa shape index (κ3) is 3.96. The summed E-state index contributed by atoms with van der Waals surface area (Å²) in [6.45, 7) is 0. The average molecular weight is 410 g/mol. The largest absolute Gasteiger partial charge is 0.455 e. The molecule has 28 heavy (non-hydrogen) atoms. The lowest BCUT2D eigenvalue weighted by Crippen LogP contribution is -2.13. The van der Waals surface area contributed by atoms with Gasteiger partial charge in [-0.15, -0.1) is 0 Å². The molecule has 0 saturated carbocycles. The third-order valence-corrected chi connectivity index (χ3v) is 5.79. The highest BCUT2D eigenvalue weighted by Crippen LogP contribution is 2.33. The van der Waals surface area contributed by atoms with E-state index in [0.717, 1.165) is 10.8 Å². The fourth-order valence-corrected chi connectivity index (χ4v) is 4.09. The van der Waals surface area contributed by atoms with Gasteiger partial charge in [-0.05, 0) is 53.2 Å². The minimum absolute atomic E-state index is 0.164. The number of halogens is 1. The number of anilines is 1. The van der Waals surface area contributed by atoms with Crippen LogP contribution in [0.3, 0.4) is 0 Å². The fraction of sp³-hybridized carbons (Fsp3) is 0. The third-order valence-electron chi connectivity index (χ3n) is 4.19. The standard InChI is InChI=1S/C22H16ClNO3S/c23-18-11-13-22(27-19-8-2-1-3-9-19)21(15-18)24-28(25,26)20-12-10-16-6-4-5-7-17(16)14-20/h1-15,24H. The van der Waals surface area contributed by atoms with E-state index in [1.807, 2.05) is 42.5 Å². The number of sulfonamides is 1. The second-order valence-electron chi connectivity index (χ2n) is 6.17. The number of benzene rings is 4. The number of hydrogen-bond donors (Lipinski definition) is 1. The first kappa shape index (κ1) is 18.3. The van der Waals surface area contributed by atoms with Crippen LogP contribution in [0.4, 0.5) is 5.69 Å². The maximum atomic E-state index is 13.0. The van der Waals surface area contributed by atoms with Crippen molar-refractivity contribution in [1.82, 2.24) is 0 Å². The number of ether oxygens (including phenoxy) is 1. The van der Waals surface area contributed by atoms with Crippen molar-refractivity contribution in [2.45, 2.75) is 4.90 Å². The van der Waals surface area contributed by atoms with E-state index in [0.29, 0.717) is 16.5 Å². The normalized spacial score (nSPS) is 11.3. The van der Waals surface area contributed by atoms with Crippen molar-refractivity contribution >= 4 is 38.1 Å². The second kappa shape index (κ2) is 7.54. The van der Waals surface area contributed by atoms with E-state index in [1.165, 1.54) is 6.07 Å². The Morgan fingerprint density at radius 3 is 2.25 bits per heavy atom. The van der Waals surface area contributed by atoms with Gasteiger partial charge in [-0.25, -0.2) is 8.42 Å². The van der Waals surface area contributed by atoms with Crippen LogP contribution in [0.25, 0.3) is 10.8 Å². The molecule has 0 amide bonds. The quantitative estimate of drug-likeness (QED) is 0.434. The van der Waals surface area contributed by atoms with E-state index in [4.69, 9.17) is 16.3 Å². The lowest BCUT2D eigenvalue weighted by Gasteiger charge is -2.14. The summed E-state index contributed by atoms with van der Waals surface area (Å²) in [7, 11) is -3.82. The Hall–Kier alpha value is -3.02. The first-order valence-corrected chi connectivity index (χ1v) is 10.4. The molecule has 140 valence electrons. The van der Waals surface area contributed by atoms with E-state index in [-0.39, 0.29) is 10.6 Å². The lowest BCUT2D eigenvalue weighted by molar-refractivity contribution is 0.485. The molecule has 1 N–H and O–H groups in total. The van der Waals surface area contributed by atoms with Crippen LogP contribution in [0, 0.1) is 0 Å². The zero-order chi connectivity index (χ0) is 19.6. The van der Waals surface area contributed by atoms with Crippen LogP contribution in [0.15, 0.2) is 95.9 Å². The van der Waals surface area contributed by atoms with Gasteiger partial charge >= 0.3 is 0 Å². The molecule has 0 heterocycles. The van der Waals surface area contributed by atoms with Crippen LogP contribution in [0.5, 0.6) is 11.5 Å². The topological polar surface area (TPSA) is 55.4 Å². The summed E-state index contributed by atoms with van der Waals surface area (Å²) >= 11 is 6.08. The molecule has 4 aromatic rings. The number of nitrogens with one attached hydrogen (secondary N) is 1. The van der Waals surface area contributed by atoms with Crippen molar-refractivity contribution in [3.63, 3.8) is 0 Å². The minimum atomic E-state index is -3.82. The zero-order valence-corrected chi connectivity index (χ0v) is 16.2. The van der Waals surface area contributed by atoms with E-state index >= 15 is 0 Å². The highest BCUT2D eigenvalue weighted by molar-refractivity contribution is 7.92. The van der Waals surface area contributed by atoms with Gasteiger partial charge in [-0.1, -0.05) is 60.1 Å². The Kier molecular flexibility index (Phi) is 4.94. The summed E-state index contributed by atoms with van der Waals surface area (Å²) in [6, 6.07) is 26.5. The summed E-state index contributed by atoms with van der Waals surface area (Å²) in [5, 5.41) is 2.21. The van der Waals surface area contributed by atoms with E-state index in [2.05, 4.69) is 4.72 Å². The van der Waals surface area contributed by atoms with Gasteiger partial charge in [0, 0.05) is 5.02 Å². The smallest absolute Gasteiger partial charge is 0.262 e. The van der Waals surface area contributed by atoms with Gasteiger partial charge < -0.3 is 4.74 Å². The van der Waals surface area contributed by atoms with Gasteiger partial charge in [0.15, 0.2) is 5.75 Å². The molecule has 0 radical (unpaired) electrons. The predicted octanol–water partition coefficient (Wildman–Crippen LogP) is 6.09.